The van der Waals surface area contributed by atoms with E-state index in [0.717, 1.165) is 17.6 Å². The summed E-state index contributed by atoms with van der Waals surface area (Å²) < 4.78 is 0.724. The van der Waals surface area contributed by atoms with Crippen molar-refractivity contribution in [1.29, 1.82) is 0 Å². The molecular weight excluding hydrogens is 216 g/mol. The Kier molecular flexibility index (Phi) is 2.21. The molecule has 16 heavy (non-hydrogen) atoms. The summed E-state index contributed by atoms with van der Waals surface area (Å²) in [5, 5.41) is 0. The van der Waals surface area contributed by atoms with E-state index in [2.05, 4.69) is 35.1 Å². The zero-order valence-corrected chi connectivity index (χ0v) is 10.0. The monoisotopic (exact) mass is 230 g/mol. The van der Waals surface area contributed by atoms with Crippen molar-refractivity contribution in [2.75, 3.05) is 0 Å². The van der Waals surface area contributed by atoms with E-state index in [1.807, 2.05) is 6.20 Å². The van der Waals surface area contributed by atoms with Crippen LogP contribution in [0, 0.1) is 11.7 Å². The highest BCUT2D eigenvalue weighted by Crippen LogP contribution is 2.33. The Balaban J connectivity index is 1.93. The van der Waals surface area contributed by atoms with Gasteiger partial charge in [-0.3, -0.25) is 0 Å². The van der Waals surface area contributed by atoms with E-state index in [4.69, 9.17) is 12.2 Å². The van der Waals surface area contributed by atoms with Crippen molar-refractivity contribution in [3.8, 4) is 0 Å². The molecule has 2 aromatic rings. The average Bonchev–Trinajstić information content (AvgIpc) is 2.83. The van der Waals surface area contributed by atoms with E-state index in [-0.39, 0.29) is 0 Å². The fourth-order valence-electron chi connectivity index (χ4n) is 2.53. The van der Waals surface area contributed by atoms with Crippen LogP contribution < -0.4 is 0 Å². The minimum Gasteiger partial charge on any atom is -0.337 e. The van der Waals surface area contributed by atoms with Crippen LogP contribution in [0.5, 0.6) is 0 Å². The van der Waals surface area contributed by atoms with Crippen molar-refractivity contribution in [3.63, 3.8) is 0 Å². The van der Waals surface area contributed by atoms with Crippen molar-refractivity contribution in [3.05, 3.63) is 51.6 Å². The first-order valence-electron chi connectivity index (χ1n) is 5.58. The maximum absolute atomic E-state index is 5.06. The minimum absolute atomic E-state index is 0.560. The van der Waals surface area contributed by atoms with E-state index < -0.39 is 0 Å². The van der Waals surface area contributed by atoms with Crippen LogP contribution in [0.4, 0.5) is 0 Å². The van der Waals surface area contributed by atoms with E-state index in [0.29, 0.717) is 5.92 Å². The molecule has 1 atom stereocenters. The molecule has 0 spiro atoms. The first-order chi connectivity index (χ1) is 7.72. The Hall–Kier alpha value is -1.35. The van der Waals surface area contributed by atoms with Crippen LogP contribution in [0.25, 0.3) is 0 Å². The predicted octanol–water partition coefficient (Wildman–Crippen LogP) is 3.26. The summed E-state index contributed by atoms with van der Waals surface area (Å²) in [5.41, 5.74) is 5.56. The Bertz CT molecular complexity index is 580. The van der Waals surface area contributed by atoms with Crippen LogP contribution in [-0.2, 0) is 12.8 Å². The SMILES string of the molecule is Cc1ccc2c(c1)C[C@@H](c1c[nH]c(=S)[nH]1)C2. The van der Waals surface area contributed by atoms with Gasteiger partial charge in [0.05, 0.1) is 0 Å². The van der Waals surface area contributed by atoms with Gasteiger partial charge in [0.25, 0.3) is 0 Å². The second-order valence-electron chi connectivity index (χ2n) is 4.58. The van der Waals surface area contributed by atoms with E-state index in [1.54, 1.807) is 0 Å². The van der Waals surface area contributed by atoms with E-state index in [9.17, 15) is 0 Å². The third-order valence-electron chi connectivity index (χ3n) is 3.35. The highest BCUT2D eigenvalue weighted by atomic mass is 32.1. The van der Waals surface area contributed by atoms with Crippen LogP contribution >= 0.6 is 12.2 Å². The number of aromatic amines is 2. The molecule has 1 aliphatic rings. The summed E-state index contributed by atoms with van der Waals surface area (Å²) in [6.45, 7) is 2.15. The highest BCUT2D eigenvalue weighted by Gasteiger charge is 2.23. The molecule has 0 saturated carbocycles. The van der Waals surface area contributed by atoms with Crippen LogP contribution in [0.15, 0.2) is 24.4 Å². The number of aryl methyl sites for hydroxylation is 1. The third kappa shape index (κ3) is 1.61. The number of nitrogens with one attached hydrogen (secondary N) is 2. The van der Waals surface area contributed by atoms with Crippen molar-refractivity contribution in [2.45, 2.75) is 25.7 Å². The Morgan fingerprint density at radius 3 is 2.81 bits per heavy atom. The van der Waals surface area contributed by atoms with Crippen molar-refractivity contribution < 1.29 is 0 Å². The van der Waals surface area contributed by atoms with Gasteiger partial charge in [-0.25, -0.2) is 0 Å². The molecular formula is C13H14N2S. The molecule has 1 heterocycles. The van der Waals surface area contributed by atoms with Gasteiger partial charge in [-0.05, 0) is 43.1 Å². The van der Waals surface area contributed by atoms with Gasteiger partial charge in [-0.1, -0.05) is 23.8 Å². The quantitative estimate of drug-likeness (QED) is 0.724. The maximum Gasteiger partial charge on any atom is 0.174 e. The maximum atomic E-state index is 5.06. The molecule has 0 aliphatic heterocycles. The molecule has 0 amide bonds. The molecule has 82 valence electrons. The molecule has 1 aromatic heterocycles. The zero-order valence-electron chi connectivity index (χ0n) is 9.21. The zero-order chi connectivity index (χ0) is 11.1. The van der Waals surface area contributed by atoms with Gasteiger partial charge in [-0.15, -0.1) is 0 Å². The molecule has 0 radical (unpaired) electrons. The normalized spacial score (nSPS) is 18.7. The molecule has 3 rings (SSSR count). The predicted molar refractivity (Wildman–Crippen MR) is 67.3 cm³/mol. The molecule has 0 unspecified atom stereocenters. The topological polar surface area (TPSA) is 31.6 Å². The molecule has 0 saturated heterocycles. The fourth-order valence-corrected chi connectivity index (χ4v) is 2.71. The Labute approximate surface area is 99.7 Å². The van der Waals surface area contributed by atoms with Crippen LogP contribution in [-0.4, -0.2) is 9.97 Å². The van der Waals surface area contributed by atoms with Gasteiger partial charge in [-0.2, -0.15) is 0 Å². The fraction of sp³-hybridized carbons (Fsp3) is 0.308. The van der Waals surface area contributed by atoms with Gasteiger partial charge in [0, 0.05) is 17.8 Å². The third-order valence-corrected chi connectivity index (χ3v) is 3.57. The number of hydrogen-bond donors (Lipinski definition) is 2. The number of fused-ring (bicyclic) bond motifs is 1. The summed E-state index contributed by atoms with van der Waals surface area (Å²) in [4.78, 5) is 6.27. The van der Waals surface area contributed by atoms with Crippen LogP contribution in [0.2, 0.25) is 0 Å². The number of imidazole rings is 1. The molecule has 0 bridgehead atoms. The van der Waals surface area contributed by atoms with Crippen molar-refractivity contribution in [2.24, 2.45) is 0 Å². The molecule has 1 aromatic carbocycles. The smallest absolute Gasteiger partial charge is 0.174 e. The van der Waals surface area contributed by atoms with Gasteiger partial charge < -0.3 is 9.97 Å². The number of hydrogen-bond acceptors (Lipinski definition) is 1. The summed E-state index contributed by atoms with van der Waals surface area (Å²) in [6, 6.07) is 6.75. The van der Waals surface area contributed by atoms with Crippen molar-refractivity contribution >= 4 is 12.2 Å². The summed E-state index contributed by atoms with van der Waals surface area (Å²) >= 11 is 5.06. The van der Waals surface area contributed by atoms with E-state index >= 15 is 0 Å². The van der Waals surface area contributed by atoms with Gasteiger partial charge >= 0.3 is 0 Å². The molecule has 0 fully saturated rings. The highest BCUT2D eigenvalue weighted by molar-refractivity contribution is 7.71. The lowest BCUT2D eigenvalue weighted by Crippen LogP contribution is -1.97. The first-order valence-corrected chi connectivity index (χ1v) is 5.99. The summed E-state index contributed by atoms with van der Waals surface area (Å²) in [5.74, 6) is 0.560. The molecule has 3 heteroatoms. The van der Waals surface area contributed by atoms with Gasteiger partial charge in [0.2, 0.25) is 0 Å². The first kappa shape index (κ1) is 9.85. The Morgan fingerprint density at radius 1 is 1.25 bits per heavy atom. The lowest BCUT2D eigenvalue weighted by molar-refractivity contribution is 0.719. The summed E-state index contributed by atoms with van der Waals surface area (Å²) in [7, 11) is 0. The average molecular weight is 230 g/mol. The second kappa shape index (κ2) is 3.59. The van der Waals surface area contributed by atoms with E-state index in [1.165, 1.54) is 22.4 Å². The largest absolute Gasteiger partial charge is 0.337 e. The van der Waals surface area contributed by atoms with Crippen LogP contribution in [0.1, 0.15) is 28.3 Å². The van der Waals surface area contributed by atoms with Crippen LogP contribution in [0.3, 0.4) is 0 Å². The minimum atomic E-state index is 0.560. The van der Waals surface area contributed by atoms with Crippen molar-refractivity contribution in [1.82, 2.24) is 9.97 Å². The number of H-pyrrole nitrogens is 2. The number of rotatable bonds is 1. The Morgan fingerprint density at radius 2 is 2.06 bits per heavy atom. The lowest BCUT2D eigenvalue weighted by Gasteiger charge is -2.04. The lowest BCUT2D eigenvalue weighted by atomic mass is 10.0. The number of benzene rings is 1. The second-order valence-corrected chi connectivity index (χ2v) is 4.98. The van der Waals surface area contributed by atoms with Gasteiger partial charge in [0.1, 0.15) is 0 Å². The molecule has 2 nitrogen and oxygen atoms in total. The molecule has 1 aliphatic carbocycles. The molecule has 2 N–H and O–H groups in total. The van der Waals surface area contributed by atoms with Gasteiger partial charge in [0.15, 0.2) is 4.77 Å². The standard InChI is InChI=1S/C13H14N2S/c1-8-2-3-9-5-11(6-10(9)4-8)12-7-14-13(16)15-12/h2-4,7,11H,5-6H2,1H3,(H2,14,15,16)/t11-/m0/s1. The number of aromatic nitrogens is 2. The summed E-state index contributed by atoms with van der Waals surface area (Å²) in [6.07, 6.45) is 4.25.